The molecule has 136 valence electrons. The van der Waals surface area contributed by atoms with Crippen LogP contribution in [-0.2, 0) is 10.0 Å². The van der Waals surface area contributed by atoms with Gasteiger partial charge in [0.1, 0.15) is 16.8 Å². The second-order valence-corrected chi connectivity index (χ2v) is 7.41. The number of nitrogens with one attached hydrogen (secondary N) is 2. The molecule has 5 nitrogen and oxygen atoms in total. The van der Waals surface area contributed by atoms with Crippen molar-refractivity contribution < 1.29 is 26.0 Å². The molecule has 1 aliphatic heterocycles. The van der Waals surface area contributed by atoms with E-state index < -0.39 is 39.5 Å². The number of rotatable bonds is 5. The molecule has 0 aliphatic carbocycles. The van der Waals surface area contributed by atoms with Crippen LogP contribution in [0.15, 0.2) is 23.1 Å². The molecule has 2 N–H and O–H groups in total. The summed E-state index contributed by atoms with van der Waals surface area (Å²) in [5.74, 6) is -0.853. The van der Waals surface area contributed by atoms with E-state index in [4.69, 9.17) is 11.6 Å². The lowest BCUT2D eigenvalue weighted by molar-refractivity contribution is -0.182. The zero-order valence-corrected chi connectivity index (χ0v) is 14.0. The molecule has 0 amide bonds. The van der Waals surface area contributed by atoms with Gasteiger partial charge in [-0.05, 0) is 18.2 Å². The van der Waals surface area contributed by atoms with Crippen molar-refractivity contribution in [1.29, 1.82) is 0 Å². The molecule has 1 saturated heterocycles. The van der Waals surface area contributed by atoms with E-state index >= 15 is 0 Å². The molecule has 1 aromatic carbocycles. The van der Waals surface area contributed by atoms with E-state index in [1.807, 2.05) is 4.72 Å². The Morgan fingerprint density at radius 2 is 1.92 bits per heavy atom. The molecule has 1 aliphatic rings. The fourth-order valence-corrected chi connectivity index (χ4v) is 3.94. The smallest absolute Gasteiger partial charge is 0.314 e. The summed E-state index contributed by atoms with van der Waals surface area (Å²) in [4.78, 5) is 0.567. The summed E-state index contributed by atoms with van der Waals surface area (Å²) in [7, 11) is -4.37. The molecular weight excluding hydrogens is 374 g/mol. The van der Waals surface area contributed by atoms with E-state index in [0.29, 0.717) is 19.2 Å². The van der Waals surface area contributed by atoms with Gasteiger partial charge in [-0.25, -0.2) is 17.5 Å². The topological polar surface area (TPSA) is 61.4 Å². The van der Waals surface area contributed by atoms with Gasteiger partial charge in [-0.2, -0.15) is 13.2 Å². The van der Waals surface area contributed by atoms with Gasteiger partial charge in [-0.15, -0.1) is 0 Å². The minimum atomic E-state index is -4.61. The maximum absolute atomic E-state index is 13.2. The first-order chi connectivity index (χ1) is 11.1. The van der Waals surface area contributed by atoms with Gasteiger partial charge in [-0.3, -0.25) is 4.90 Å². The summed E-state index contributed by atoms with van der Waals surface area (Å²) in [6.07, 6.45) is -4.61. The molecular formula is C13H16ClF4N3O2S. The number of hydrogen-bond acceptors (Lipinski definition) is 4. The van der Waals surface area contributed by atoms with E-state index in [0.717, 1.165) is 17.0 Å². The number of hydrogen-bond donors (Lipinski definition) is 2. The van der Waals surface area contributed by atoms with E-state index in [2.05, 4.69) is 5.32 Å². The molecule has 1 heterocycles. The maximum Gasteiger partial charge on any atom is 0.405 e. The van der Waals surface area contributed by atoms with Crippen molar-refractivity contribution >= 4 is 21.6 Å². The van der Waals surface area contributed by atoms with Crippen molar-refractivity contribution in [1.82, 2.24) is 14.9 Å². The molecule has 24 heavy (non-hydrogen) atoms. The summed E-state index contributed by atoms with van der Waals surface area (Å²) < 4.78 is 79.1. The molecule has 0 saturated carbocycles. The van der Waals surface area contributed by atoms with E-state index in [1.165, 1.54) is 0 Å². The molecule has 2 rings (SSSR count). The number of alkyl halides is 3. The average molecular weight is 390 g/mol. The monoisotopic (exact) mass is 389 g/mol. The first-order valence-corrected chi connectivity index (χ1v) is 8.93. The fourth-order valence-electron chi connectivity index (χ4n) is 2.40. The van der Waals surface area contributed by atoms with Crippen LogP contribution in [-0.4, -0.2) is 58.3 Å². The second-order valence-electron chi connectivity index (χ2n) is 5.27. The zero-order valence-electron chi connectivity index (χ0n) is 12.4. The molecule has 1 fully saturated rings. The number of sulfonamides is 1. The fraction of sp³-hybridized carbons (Fsp3) is 0.538. The SMILES string of the molecule is O=S(=O)(NCC(N1CCNCC1)C(F)(F)F)c1cc(F)ccc1Cl. The largest absolute Gasteiger partial charge is 0.405 e. The maximum atomic E-state index is 13.2. The minimum absolute atomic E-state index is 0.145. The Bertz CT molecular complexity index is 678. The summed E-state index contributed by atoms with van der Waals surface area (Å²) in [5.41, 5.74) is 0. The van der Waals surface area contributed by atoms with Crippen LogP contribution in [0.2, 0.25) is 5.02 Å². The molecule has 1 aromatic rings. The second kappa shape index (κ2) is 7.52. The van der Waals surface area contributed by atoms with Crippen molar-refractivity contribution in [3.8, 4) is 0 Å². The van der Waals surface area contributed by atoms with Gasteiger partial charge in [0.25, 0.3) is 0 Å². The molecule has 0 radical (unpaired) electrons. The van der Waals surface area contributed by atoms with Crippen LogP contribution in [0.3, 0.4) is 0 Å². The highest BCUT2D eigenvalue weighted by Crippen LogP contribution is 2.26. The van der Waals surface area contributed by atoms with E-state index in [1.54, 1.807) is 0 Å². The summed E-state index contributed by atoms with van der Waals surface area (Å²) in [6, 6.07) is 0.684. The van der Waals surface area contributed by atoms with Crippen molar-refractivity contribution in [3.63, 3.8) is 0 Å². The lowest BCUT2D eigenvalue weighted by Gasteiger charge is -2.35. The van der Waals surface area contributed by atoms with Gasteiger partial charge >= 0.3 is 6.18 Å². The number of benzene rings is 1. The molecule has 0 bridgehead atoms. The third-order valence-electron chi connectivity index (χ3n) is 3.62. The summed E-state index contributed by atoms with van der Waals surface area (Å²) >= 11 is 5.71. The predicted molar refractivity (Wildman–Crippen MR) is 80.9 cm³/mol. The van der Waals surface area contributed by atoms with Crippen molar-refractivity contribution in [3.05, 3.63) is 29.0 Å². The standard InChI is InChI=1S/C13H16ClF4N3O2S/c14-10-2-1-9(15)7-11(10)24(22,23)20-8-12(13(16,17)18)21-5-3-19-4-6-21/h1-2,7,12,19-20H,3-6,8H2. The van der Waals surface area contributed by atoms with E-state index in [9.17, 15) is 26.0 Å². The molecule has 1 atom stereocenters. The Hall–Kier alpha value is -0.940. The molecule has 1 unspecified atom stereocenters. The average Bonchev–Trinajstić information content (AvgIpc) is 2.49. The number of piperazine rings is 1. The van der Waals surface area contributed by atoms with Gasteiger partial charge in [0.2, 0.25) is 10.0 Å². The van der Waals surface area contributed by atoms with Crippen molar-refractivity contribution in [2.45, 2.75) is 17.1 Å². The first-order valence-electron chi connectivity index (χ1n) is 7.07. The highest BCUT2D eigenvalue weighted by Gasteiger charge is 2.44. The third kappa shape index (κ3) is 4.79. The van der Waals surface area contributed by atoms with Crippen LogP contribution in [0.1, 0.15) is 0 Å². The lowest BCUT2D eigenvalue weighted by Crippen LogP contribution is -2.57. The van der Waals surface area contributed by atoms with Crippen LogP contribution < -0.4 is 10.0 Å². The van der Waals surface area contributed by atoms with Gasteiger partial charge in [0.15, 0.2) is 0 Å². The Balaban J connectivity index is 2.17. The van der Waals surface area contributed by atoms with E-state index in [-0.39, 0.29) is 18.1 Å². The highest BCUT2D eigenvalue weighted by atomic mass is 35.5. The van der Waals surface area contributed by atoms with Gasteiger partial charge in [0, 0.05) is 32.7 Å². The lowest BCUT2D eigenvalue weighted by atomic mass is 10.2. The summed E-state index contributed by atoms with van der Waals surface area (Å²) in [5, 5.41) is 2.66. The number of halogens is 5. The quantitative estimate of drug-likeness (QED) is 0.751. The van der Waals surface area contributed by atoms with Gasteiger partial charge in [0.05, 0.1) is 5.02 Å². The van der Waals surface area contributed by atoms with Crippen molar-refractivity contribution in [2.24, 2.45) is 0 Å². The molecule has 0 aromatic heterocycles. The normalized spacial score (nSPS) is 18.5. The number of nitrogens with zero attached hydrogens (tertiary/aromatic N) is 1. The van der Waals surface area contributed by atoms with Crippen LogP contribution in [0, 0.1) is 5.82 Å². The van der Waals surface area contributed by atoms with Gasteiger partial charge < -0.3 is 5.32 Å². The van der Waals surface area contributed by atoms with Crippen LogP contribution in [0.25, 0.3) is 0 Å². The highest BCUT2D eigenvalue weighted by molar-refractivity contribution is 7.89. The molecule has 0 spiro atoms. The van der Waals surface area contributed by atoms with Crippen LogP contribution in [0.5, 0.6) is 0 Å². The Kier molecular flexibility index (Phi) is 6.08. The zero-order chi connectivity index (χ0) is 18.0. The Morgan fingerprint density at radius 3 is 2.50 bits per heavy atom. The third-order valence-corrected chi connectivity index (χ3v) is 5.52. The predicted octanol–water partition coefficient (Wildman–Crippen LogP) is 1.59. The van der Waals surface area contributed by atoms with Gasteiger partial charge in [-0.1, -0.05) is 11.6 Å². The molecule has 11 heteroatoms. The van der Waals surface area contributed by atoms with Crippen molar-refractivity contribution in [2.75, 3.05) is 32.7 Å². The first kappa shape index (κ1) is 19.4. The Morgan fingerprint density at radius 1 is 1.29 bits per heavy atom. The van der Waals surface area contributed by atoms with Crippen LogP contribution >= 0.6 is 11.6 Å². The Labute approximate surface area is 142 Å². The summed E-state index contributed by atoms with van der Waals surface area (Å²) in [6.45, 7) is 0.183. The minimum Gasteiger partial charge on any atom is -0.314 e. The van der Waals surface area contributed by atoms with Crippen LogP contribution in [0.4, 0.5) is 17.6 Å².